The lowest BCUT2D eigenvalue weighted by Gasteiger charge is -2.13. The number of rotatable bonds is 10. The molecule has 0 bridgehead atoms. The lowest BCUT2D eigenvalue weighted by atomic mass is 10.1. The van der Waals surface area contributed by atoms with E-state index in [0.29, 0.717) is 6.07 Å². The predicted octanol–water partition coefficient (Wildman–Crippen LogP) is 5.68. The fraction of sp³-hybridized carbons (Fsp3) is 0. The van der Waals surface area contributed by atoms with Crippen LogP contribution in [0.3, 0.4) is 0 Å². The molecule has 0 unspecified atom stereocenters. The van der Waals surface area contributed by atoms with E-state index in [-0.39, 0.29) is 32.9 Å². The molecule has 0 aliphatic heterocycles. The van der Waals surface area contributed by atoms with Gasteiger partial charge in [0.2, 0.25) is 10.0 Å². The van der Waals surface area contributed by atoms with E-state index in [1.807, 2.05) is 0 Å². The van der Waals surface area contributed by atoms with Crippen LogP contribution in [0.1, 0.15) is 0 Å². The number of aromatic hydroxyl groups is 4. The maximum absolute atomic E-state index is 13.0. The molecule has 27 heteroatoms. The number of phenolic OH excluding ortho intramolecular Hbond substituents is 4. The summed E-state index contributed by atoms with van der Waals surface area (Å²) in [5.74, 6) is -3.05. The molecule has 0 fully saturated rings. The molecule has 2 amide bonds. The van der Waals surface area contributed by atoms with E-state index in [1.54, 1.807) is 0 Å². The predicted molar refractivity (Wildman–Crippen MR) is 209 cm³/mol. The number of hydrogen-bond acceptors (Lipinski definition) is 17. The van der Waals surface area contributed by atoms with Gasteiger partial charge in [-0.2, -0.15) is 25.3 Å². The Hall–Kier alpha value is -6.85. The smallest absolute Gasteiger partial charge is 0.323 e. The molecule has 0 aliphatic carbocycles. The molecule has 0 aliphatic rings. The van der Waals surface area contributed by atoms with Crippen molar-refractivity contribution in [3.05, 3.63) is 84.9 Å². The largest absolute Gasteiger partial charge is 0.506 e. The van der Waals surface area contributed by atoms with Crippen molar-refractivity contribution in [2.24, 2.45) is 25.6 Å². The monoisotopic (exact) mass is 903 g/mol. The number of hydrogen-bond donors (Lipinski definition) is 10. The summed E-state index contributed by atoms with van der Waals surface area (Å²) in [4.78, 5) is 9.92. The van der Waals surface area contributed by atoms with Gasteiger partial charge in [-0.1, -0.05) is 0 Å². The highest BCUT2D eigenvalue weighted by molar-refractivity contribution is 7.89. The summed E-state index contributed by atoms with van der Waals surface area (Å²) in [5, 5.41) is 66.4. The van der Waals surface area contributed by atoms with Crippen molar-refractivity contribution in [1.29, 1.82) is 0 Å². The topological polar surface area (TPSA) is 395 Å². The lowest BCUT2D eigenvalue weighted by molar-refractivity contribution is 0.262. The summed E-state index contributed by atoms with van der Waals surface area (Å²) < 4.78 is 124. The van der Waals surface area contributed by atoms with Gasteiger partial charge in [-0.3, -0.25) is 13.7 Å². The number of nitrogens with zero attached hydrogens (tertiary/aromatic N) is 4. The Morgan fingerprint density at radius 2 is 0.967 bits per heavy atom. The third kappa shape index (κ3) is 9.06. The summed E-state index contributed by atoms with van der Waals surface area (Å²) in [6.07, 6.45) is 0. The summed E-state index contributed by atoms with van der Waals surface area (Å²) in [6, 6.07) is 13.3. The standard InChI is InChI=1S/C33H25N7O16S4/c34-57(46,47)19-4-8-25(41)24(13-19)38-40-30-28(60(54,55)56)12-16-10-18(2-6-22(16)32(30)44)36-33(45)35-17-1-5-21-15(9-17)11-27(59(51,52)53)29(31(21)43)39-37-23-7-3-20(14-26(23)42)58(48,49)50/h1-14,41-44H,(H2,34,46,47)(H2,35,36,45)(H,48,49,50)(H,51,52,53)(H,54,55,56). The highest BCUT2D eigenvalue weighted by atomic mass is 32.2. The molecule has 0 spiro atoms. The zero-order valence-corrected chi connectivity index (χ0v) is 32.7. The van der Waals surface area contributed by atoms with Gasteiger partial charge in [0.1, 0.15) is 44.0 Å². The number of anilines is 2. The molecule has 0 saturated carbocycles. The number of amides is 2. The molecule has 312 valence electrons. The maximum Gasteiger partial charge on any atom is 0.323 e. The minimum absolute atomic E-state index is 0.000513. The van der Waals surface area contributed by atoms with E-state index in [0.717, 1.165) is 42.5 Å². The van der Waals surface area contributed by atoms with Crippen LogP contribution in [-0.2, 0) is 40.4 Å². The molecule has 6 rings (SSSR count). The van der Waals surface area contributed by atoms with Crippen LogP contribution in [0.15, 0.2) is 125 Å². The zero-order chi connectivity index (χ0) is 44.1. The van der Waals surface area contributed by atoms with E-state index in [1.165, 1.54) is 36.4 Å². The molecule has 0 radical (unpaired) electrons. The van der Waals surface area contributed by atoms with Crippen molar-refractivity contribution in [3.8, 4) is 23.0 Å². The fourth-order valence-corrected chi connectivity index (χ4v) is 7.80. The summed E-state index contributed by atoms with van der Waals surface area (Å²) in [5.41, 5.74) is -2.49. The highest BCUT2D eigenvalue weighted by Gasteiger charge is 2.25. The van der Waals surface area contributed by atoms with Crippen molar-refractivity contribution < 1.29 is 72.6 Å². The number of urea groups is 1. The van der Waals surface area contributed by atoms with Gasteiger partial charge in [0.05, 0.1) is 9.79 Å². The average Bonchev–Trinajstić information content (AvgIpc) is 3.13. The number of carbonyl (C=O) groups excluding carboxylic acids is 1. The van der Waals surface area contributed by atoms with E-state index >= 15 is 0 Å². The average molecular weight is 904 g/mol. The molecule has 6 aromatic carbocycles. The normalized spacial score (nSPS) is 12.7. The molecule has 23 nitrogen and oxygen atoms in total. The first-order valence-electron chi connectivity index (χ1n) is 15.9. The molecular formula is C33H25N7O16S4. The van der Waals surface area contributed by atoms with E-state index in [2.05, 4.69) is 31.1 Å². The van der Waals surface area contributed by atoms with Crippen molar-refractivity contribution in [1.82, 2.24) is 0 Å². The van der Waals surface area contributed by atoms with Gasteiger partial charge in [0, 0.05) is 28.2 Å². The van der Waals surface area contributed by atoms with E-state index in [9.17, 15) is 68.0 Å². The van der Waals surface area contributed by atoms with Crippen LogP contribution in [0.25, 0.3) is 21.5 Å². The number of fused-ring (bicyclic) bond motifs is 2. The van der Waals surface area contributed by atoms with Gasteiger partial charge in [0.25, 0.3) is 30.4 Å². The van der Waals surface area contributed by atoms with Gasteiger partial charge < -0.3 is 31.1 Å². The first-order chi connectivity index (χ1) is 27.8. The number of carbonyl (C=O) groups is 1. The SMILES string of the molecule is NS(=O)(=O)c1ccc(O)c(N=Nc2c(S(=O)(=O)O)cc3cc(NC(=O)Nc4ccc5c(O)c(N=Nc6ccc(S(=O)(=O)O)cc6O)c(S(=O)(=O)O)cc5c4)ccc3c2O)c1. The number of primary sulfonamides is 1. The minimum atomic E-state index is -5.14. The Labute approximate surface area is 337 Å². The minimum Gasteiger partial charge on any atom is -0.506 e. The zero-order valence-electron chi connectivity index (χ0n) is 29.4. The van der Waals surface area contributed by atoms with Crippen LogP contribution >= 0.6 is 0 Å². The summed E-state index contributed by atoms with van der Waals surface area (Å²) in [6.45, 7) is 0. The van der Waals surface area contributed by atoms with Crippen LogP contribution in [-0.4, -0.2) is 73.8 Å². The third-order valence-electron chi connectivity index (χ3n) is 8.21. The molecule has 0 aromatic heterocycles. The van der Waals surface area contributed by atoms with Crippen LogP contribution in [0.2, 0.25) is 0 Å². The second-order valence-corrected chi connectivity index (χ2v) is 18.0. The molecule has 0 atom stereocenters. The second kappa shape index (κ2) is 15.4. The van der Waals surface area contributed by atoms with Gasteiger partial charge in [-0.25, -0.2) is 18.4 Å². The molecule has 6 aromatic rings. The van der Waals surface area contributed by atoms with Gasteiger partial charge in [-0.15, -0.1) is 20.5 Å². The van der Waals surface area contributed by atoms with Crippen LogP contribution < -0.4 is 15.8 Å². The van der Waals surface area contributed by atoms with Crippen molar-refractivity contribution in [3.63, 3.8) is 0 Å². The summed E-state index contributed by atoms with van der Waals surface area (Å²) in [7, 11) is -19.2. The van der Waals surface area contributed by atoms with E-state index < -0.39 is 112 Å². The number of sulfonamides is 1. The number of nitrogens with two attached hydrogens (primary N) is 1. The Morgan fingerprint density at radius 1 is 0.500 bits per heavy atom. The number of nitrogens with one attached hydrogen (secondary N) is 2. The quantitative estimate of drug-likeness (QED) is 0.0584. The van der Waals surface area contributed by atoms with Crippen LogP contribution in [0, 0.1) is 0 Å². The molecule has 0 heterocycles. The molecular weight excluding hydrogens is 879 g/mol. The number of benzene rings is 6. The Kier molecular flexibility index (Phi) is 11.0. The van der Waals surface area contributed by atoms with Crippen molar-refractivity contribution >= 4 is 102 Å². The van der Waals surface area contributed by atoms with Gasteiger partial charge in [-0.05, 0) is 89.6 Å². The Bertz CT molecular complexity index is 3340. The highest BCUT2D eigenvalue weighted by Crippen LogP contribution is 2.44. The van der Waals surface area contributed by atoms with Crippen LogP contribution in [0.5, 0.6) is 23.0 Å². The van der Waals surface area contributed by atoms with Crippen molar-refractivity contribution in [2.75, 3.05) is 10.6 Å². The van der Waals surface area contributed by atoms with E-state index in [4.69, 9.17) is 9.69 Å². The third-order valence-corrected chi connectivity index (χ3v) is 11.7. The van der Waals surface area contributed by atoms with Gasteiger partial charge in [0.15, 0.2) is 11.5 Å². The maximum atomic E-state index is 13.0. The number of azo groups is 2. The second-order valence-electron chi connectivity index (χ2n) is 12.3. The fourth-order valence-electron chi connectivity index (χ4n) is 5.46. The van der Waals surface area contributed by atoms with Gasteiger partial charge >= 0.3 is 6.03 Å². The Morgan fingerprint density at radius 3 is 1.40 bits per heavy atom. The van der Waals surface area contributed by atoms with Crippen molar-refractivity contribution in [2.45, 2.75) is 19.6 Å². The first kappa shape index (κ1) is 42.7. The first-order valence-corrected chi connectivity index (χ1v) is 21.8. The Balaban J connectivity index is 1.28. The summed E-state index contributed by atoms with van der Waals surface area (Å²) >= 11 is 0. The molecule has 60 heavy (non-hydrogen) atoms. The van der Waals surface area contributed by atoms with Crippen LogP contribution in [0.4, 0.5) is 38.9 Å². The molecule has 0 saturated heterocycles. The number of phenols is 4. The molecule has 11 N–H and O–H groups in total. The lowest BCUT2D eigenvalue weighted by Crippen LogP contribution is -2.19.